The molecular weight excluding hydrogens is 364 g/mol. The highest BCUT2D eigenvalue weighted by Crippen LogP contribution is 2.22. The Hall–Kier alpha value is -3.26. The van der Waals surface area contributed by atoms with Crippen LogP contribution in [0.3, 0.4) is 0 Å². The predicted octanol–water partition coefficient (Wildman–Crippen LogP) is 3.25. The number of carbonyl (C=O) groups excluding carboxylic acids is 3. The number of hydrogen-bond acceptors (Lipinski definition) is 6. The van der Waals surface area contributed by atoms with Crippen LogP contribution in [0.5, 0.6) is 0 Å². The lowest BCUT2D eigenvalue weighted by atomic mass is 10.1. The van der Waals surface area contributed by atoms with Crippen molar-refractivity contribution in [3.63, 3.8) is 0 Å². The lowest BCUT2D eigenvalue weighted by Gasteiger charge is -2.08. The van der Waals surface area contributed by atoms with E-state index in [9.17, 15) is 24.5 Å². The lowest BCUT2D eigenvalue weighted by molar-refractivity contribution is -0.384. The van der Waals surface area contributed by atoms with Gasteiger partial charge in [0.15, 0.2) is 12.4 Å². The van der Waals surface area contributed by atoms with Gasteiger partial charge in [-0.3, -0.25) is 19.7 Å². The SMILES string of the molecule is CC(=O)c1ccc(NC(=O)COC(=O)c2cc([N+](=O)[O-])ccc2Cl)cc1. The number of ether oxygens (including phenoxy) is 1. The van der Waals surface area contributed by atoms with Gasteiger partial charge in [0.1, 0.15) is 0 Å². The van der Waals surface area contributed by atoms with Crippen LogP contribution in [-0.4, -0.2) is 29.2 Å². The van der Waals surface area contributed by atoms with Crippen molar-refractivity contribution in [1.29, 1.82) is 0 Å². The zero-order chi connectivity index (χ0) is 19.3. The molecule has 0 saturated heterocycles. The molecule has 26 heavy (non-hydrogen) atoms. The van der Waals surface area contributed by atoms with Crippen molar-refractivity contribution in [3.05, 3.63) is 68.7 Å². The molecule has 9 heteroatoms. The number of ketones is 1. The van der Waals surface area contributed by atoms with Crippen LogP contribution in [0.1, 0.15) is 27.6 Å². The number of rotatable bonds is 6. The molecule has 0 fully saturated rings. The number of amides is 1. The number of Topliss-reactive ketones (excluding diaryl/α,β-unsaturated/α-hetero) is 1. The largest absolute Gasteiger partial charge is 0.452 e. The number of nitro groups is 1. The van der Waals surface area contributed by atoms with Gasteiger partial charge in [0, 0.05) is 23.4 Å². The molecule has 0 spiro atoms. The molecule has 0 radical (unpaired) electrons. The summed E-state index contributed by atoms with van der Waals surface area (Å²) in [5.74, 6) is -1.68. The summed E-state index contributed by atoms with van der Waals surface area (Å²) in [7, 11) is 0. The average molecular weight is 377 g/mol. The van der Waals surface area contributed by atoms with Gasteiger partial charge in [-0.1, -0.05) is 11.6 Å². The molecule has 0 heterocycles. The van der Waals surface area contributed by atoms with E-state index in [1.54, 1.807) is 12.1 Å². The molecule has 0 aliphatic carbocycles. The van der Waals surface area contributed by atoms with Crippen LogP contribution in [-0.2, 0) is 9.53 Å². The van der Waals surface area contributed by atoms with Gasteiger partial charge < -0.3 is 10.1 Å². The number of nitrogens with one attached hydrogen (secondary N) is 1. The molecule has 2 rings (SSSR count). The average Bonchev–Trinajstić information content (AvgIpc) is 2.60. The second-order valence-corrected chi connectivity index (χ2v) is 5.59. The molecular formula is C17H13ClN2O6. The van der Waals surface area contributed by atoms with Crippen LogP contribution in [0, 0.1) is 10.1 Å². The second kappa shape index (κ2) is 8.21. The Morgan fingerprint density at radius 1 is 1.15 bits per heavy atom. The van der Waals surface area contributed by atoms with Crippen LogP contribution < -0.4 is 5.32 Å². The van der Waals surface area contributed by atoms with E-state index in [2.05, 4.69) is 5.32 Å². The van der Waals surface area contributed by atoms with Gasteiger partial charge in [-0.2, -0.15) is 0 Å². The highest BCUT2D eigenvalue weighted by molar-refractivity contribution is 6.33. The topological polar surface area (TPSA) is 116 Å². The number of non-ortho nitro benzene ring substituents is 1. The first-order valence-corrected chi connectivity index (χ1v) is 7.67. The number of nitrogens with zero attached hydrogens (tertiary/aromatic N) is 1. The van der Waals surface area contributed by atoms with E-state index < -0.39 is 23.4 Å². The summed E-state index contributed by atoms with van der Waals surface area (Å²) in [4.78, 5) is 45.1. The minimum absolute atomic E-state index is 0.0270. The van der Waals surface area contributed by atoms with Gasteiger partial charge in [0.25, 0.3) is 11.6 Å². The number of nitro benzene ring substituents is 1. The maximum absolute atomic E-state index is 12.0. The van der Waals surface area contributed by atoms with Crippen molar-refractivity contribution in [2.45, 2.75) is 6.92 Å². The first kappa shape index (κ1) is 19.1. The molecule has 0 aliphatic heterocycles. The van der Waals surface area contributed by atoms with E-state index in [0.29, 0.717) is 11.3 Å². The lowest BCUT2D eigenvalue weighted by Crippen LogP contribution is -2.21. The van der Waals surface area contributed by atoms with Crippen molar-refractivity contribution >= 4 is 40.6 Å². The van der Waals surface area contributed by atoms with Crippen LogP contribution >= 0.6 is 11.6 Å². The zero-order valence-electron chi connectivity index (χ0n) is 13.5. The van der Waals surface area contributed by atoms with E-state index in [0.717, 1.165) is 12.1 Å². The maximum Gasteiger partial charge on any atom is 0.340 e. The fraction of sp³-hybridized carbons (Fsp3) is 0.118. The van der Waals surface area contributed by atoms with Gasteiger partial charge in [0.05, 0.1) is 15.5 Å². The Kier molecular flexibility index (Phi) is 6.03. The number of benzene rings is 2. The van der Waals surface area contributed by atoms with Crippen molar-refractivity contribution in [2.75, 3.05) is 11.9 Å². The van der Waals surface area contributed by atoms with Gasteiger partial charge in [-0.15, -0.1) is 0 Å². The summed E-state index contributed by atoms with van der Waals surface area (Å²) in [6.07, 6.45) is 0. The molecule has 0 unspecified atom stereocenters. The number of hydrogen-bond donors (Lipinski definition) is 1. The molecule has 134 valence electrons. The highest BCUT2D eigenvalue weighted by Gasteiger charge is 2.18. The Morgan fingerprint density at radius 2 is 1.81 bits per heavy atom. The number of anilines is 1. The summed E-state index contributed by atoms with van der Waals surface area (Å²) in [5.41, 5.74) is 0.384. The molecule has 0 saturated carbocycles. The second-order valence-electron chi connectivity index (χ2n) is 5.18. The van der Waals surface area contributed by atoms with Crippen LogP contribution in [0.15, 0.2) is 42.5 Å². The first-order chi connectivity index (χ1) is 12.3. The van der Waals surface area contributed by atoms with Crippen molar-refractivity contribution < 1.29 is 24.0 Å². The fourth-order valence-corrected chi connectivity index (χ4v) is 2.17. The molecule has 0 bridgehead atoms. The summed E-state index contributed by atoms with van der Waals surface area (Å²) in [5, 5.41) is 13.2. The molecule has 1 amide bonds. The first-order valence-electron chi connectivity index (χ1n) is 7.30. The third kappa shape index (κ3) is 4.87. The van der Waals surface area contributed by atoms with Crippen LogP contribution in [0.4, 0.5) is 11.4 Å². The zero-order valence-corrected chi connectivity index (χ0v) is 14.3. The minimum Gasteiger partial charge on any atom is -0.452 e. The molecule has 0 atom stereocenters. The molecule has 0 aliphatic rings. The predicted molar refractivity (Wildman–Crippen MR) is 93.5 cm³/mol. The normalized spacial score (nSPS) is 10.1. The summed E-state index contributed by atoms with van der Waals surface area (Å²) in [6.45, 7) is 0.818. The van der Waals surface area contributed by atoms with E-state index in [1.165, 1.54) is 25.1 Å². The molecule has 2 aromatic carbocycles. The standard InChI is InChI=1S/C17H13ClN2O6/c1-10(21)11-2-4-12(5-3-11)19-16(22)9-26-17(23)14-8-13(20(24)25)6-7-15(14)18/h2-8H,9H2,1H3,(H,19,22). The molecule has 0 aromatic heterocycles. The summed E-state index contributed by atoms with van der Waals surface area (Å²) < 4.78 is 4.83. The number of esters is 1. The van der Waals surface area contributed by atoms with E-state index in [1.807, 2.05) is 0 Å². The van der Waals surface area contributed by atoms with Crippen LogP contribution in [0.25, 0.3) is 0 Å². The quantitative estimate of drug-likeness (QED) is 0.358. The maximum atomic E-state index is 12.0. The Bertz CT molecular complexity index is 879. The third-order valence-corrected chi connectivity index (χ3v) is 3.62. The smallest absolute Gasteiger partial charge is 0.340 e. The van der Waals surface area contributed by atoms with Crippen molar-refractivity contribution in [3.8, 4) is 0 Å². The van der Waals surface area contributed by atoms with Gasteiger partial charge in [0.2, 0.25) is 0 Å². The third-order valence-electron chi connectivity index (χ3n) is 3.29. The Labute approximate surface area is 152 Å². The summed E-state index contributed by atoms with van der Waals surface area (Å²) >= 11 is 5.83. The fourth-order valence-electron chi connectivity index (χ4n) is 1.98. The van der Waals surface area contributed by atoms with Crippen molar-refractivity contribution in [1.82, 2.24) is 0 Å². The van der Waals surface area contributed by atoms with E-state index in [-0.39, 0.29) is 22.1 Å². The Balaban J connectivity index is 1.96. The van der Waals surface area contributed by atoms with Gasteiger partial charge in [-0.05, 0) is 37.3 Å². The van der Waals surface area contributed by atoms with Gasteiger partial charge >= 0.3 is 5.97 Å². The van der Waals surface area contributed by atoms with Crippen LogP contribution in [0.2, 0.25) is 5.02 Å². The number of halogens is 1. The Morgan fingerprint density at radius 3 is 2.38 bits per heavy atom. The molecule has 2 aromatic rings. The van der Waals surface area contributed by atoms with Crippen molar-refractivity contribution in [2.24, 2.45) is 0 Å². The van der Waals surface area contributed by atoms with Gasteiger partial charge in [-0.25, -0.2) is 4.79 Å². The number of carbonyl (C=O) groups is 3. The van der Waals surface area contributed by atoms with E-state index >= 15 is 0 Å². The highest BCUT2D eigenvalue weighted by atomic mass is 35.5. The van der Waals surface area contributed by atoms with E-state index in [4.69, 9.17) is 16.3 Å². The monoisotopic (exact) mass is 376 g/mol. The minimum atomic E-state index is -0.958. The molecule has 8 nitrogen and oxygen atoms in total. The summed E-state index contributed by atoms with van der Waals surface area (Å²) in [6, 6.07) is 9.49. The molecule has 1 N–H and O–H groups in total.